The van der Waals surface area contributed by atoms with Gasteiger partial charge in [0.15, 0.2) is 0 Å². The van der Waals surface area contributed by atoms with Crippen molar-refractivity contribution in [2.75, 3.05) is 0 Å². The van der Waals surface area contributed by atoms with Gasteiger partial charge < -0.3 is 0 Å². The summed E-state index contributed by atoms with van der Waals surface area (Å²) in [5.41, 5.74) is 5.95. The van der Waals surface area contributed by atoms with Crippen LogP contribution in [0.15, 0.2) is 54.6 Å². The Morgan fingerprint density at radius 2 is 1.79 bits per heavy atom. The van der Waals surface area contributed by atoms with Crippen LogP contribution in [0.5, 0.6) is 0 Å². The maximum Gasteiger partial charge on any atom is 0.0712 e. The van der Waals surface area contributed by atoms with Crippen molar-refractivity contribution in [3.63, 3.8) is 0 Å². The van der Waals surface area contributed by atoms with Crippen molar-refractivity contribution in [1.82, 2.24) is 4.98 Å². The lowest BCUT2D eigenvalue weighted by atomic mass is 10.0. The zero-order chi connectivity index (χ0) is 13.2. The van der Waals surface area contributed by atoms with Crippen LogP contribution in [0.4, 0.5) is 0 Å². The zero-order valence-electron chi connectivity index (χ0n) is 11.4. The highest BCUT2D eigenvalue weighted by molar-refractivity contribution is 5.82. The molecule has 0 atom stereocenters. The first-order valence-electron chi connectivity index (χ1n) is 6.73. The second-order valence-corrected chi connectivity index (χ2v) is 4.89. The topological polar surface area (TPSA) is 12.9 Å². The molecule has 3 rings (SSSR count). The highest BCUT2D eigenvalue weighted by Crippen LogP contribution is 2.24. The van der Waals surface area contributed by atoms with Crippen molar-refractivity contribution >= 4 is 10.9 Å². The van der Waals surface area contributed by atoms with Crippen LogP contribution in [0.25, 0.3) is 22.2 Å². The Morgan fingerprint density at radius 1 is 0.947 bits per heavy atom. The molecule has 0 fully saturated rings. The molecular formula is C18H17N. The molecule has 0 radical (unpaired) electrons. The van der Waals surface area contributed by atoms with Crippen molar-refractivity contribution in [2.45, 2.75) is 20.3 Å². The van der Waals surface area contributed by atoms with Crippen molar-refractivity contribution in [2.24, 2.45) is 0 Å². The van der Waals surface area contributed by atoms with Gasteiger partial charge in [-0.05, 0) is 42.7 Å². The zero-order valence-corrected chi connectivity index (χ0v) is 11.4. The first-order valence-corrected chi connectivity index (χ1v) is 6.73. The van der Waals surface area contributed by atoms with Gasteiger partial charge in [0.05, 0.1) is 11.2 Å². The maximum atomic E-state index is 4.78. The minimum Gasteiger partial charge on any atom is -0.248 e. The molecule has 0 spiro atoms. The monoisotopic (exact) mass is 247 g/mol. The summed E-state index contributed by atoms with van der Waals surface area (Å²) in [4.78, 5) is 4.78. The van der Waals surface area contributed by atoms with E-state index in [2.05, 4.69) is 68.4 Å². The number of aryl methyl sites for hydroxylation is 2. The van der Waals surface area contributed by atoms with Crippen LogP contribution in [-0.4, -0.2) is 4.98 Å². The van der Waals surface area contributed by atoms with Crippen LogP contribution >= 0.6 is 0 Å². The summed E-state index contributed by atoms with van der Waals surface area (Å²) >= 11 is 0. The van der Waals surface area contributed by atoms with Crippen molar-refractivity contribution in [1.29, 1.82) is 0 Å². The highest BCUT2D eigenvalue weighted by Gasteiger charge is 2.04. The molecule has 3 aromatic rings. The molecule has 0 aliphatic carbocycles. The summed E-state index contributed by atoms with van der Waals surface area (Å²) in [6.07, 6.45) is 1.06. The minimum atomic E-state index is 1.05. The molecule has 94 valence electrons. The summed E-state index contributed by atoms with van der Waals surface area (Å²) in [5, 5.41) is 1.22. The molecule has 0 unspecified atom stereocenters. The third-order valence-electron chi connectivity index (χ3n) is 3.58. The van der Waals surface area contributed by atoms with E-state index in [4.69, 9.17) is 4.98 Å². The Hall–Kier alpha value is -2.15. The van der Waals surface area contributed by atoms with Gasteiger partial charge in [0.1, 0.15) is 0 Å². The highest BCUT2D eigenvalue weighted by atomic mass is 14.7. The van der Waals surface area contributed by atoms with E-state index in [1.165, 1.54) is 22.1 Å². The lowest BCUT2D eigenvalue weighted by Crippen LogP contribution is -1.89. The summed E-state index contributed by atoms with van der Waals surface area (Å²) in [6, 6.07) is 19.2. The van der Waals surface area contributed by atoms with E-state index in [0.717, 1.165) is 17.6 Å². The van der Waals surface area contributed by atoms with E-state index >= 15 is 0 Å². The van der Waals surface area contributed by atoms with Gasteiger partial charge in [-0.15, -0.1) is 0 Å². The quantitative estimate of drug-likeness (QED) is 0.635. The predicted octanol–water partition coefficient (Wildman–Crippen LogP) is 4.77. The molecule has 1 aromatic heterocycles. The Balaban J connectivity index is 2.15. The van der Waals surface area contributed by atoms with Gasteiger partial charge in [0.25, 0.3) is 0 Å². The average molecular weight is 247 g/mol. The number of pyridine rings is 1. The second kappa shape index (κ2) is 4.85. The number of hydrogen-bond acceptors (Lipinski definition) is 1. The molecule has 1 nitrogen and oxygen atoms in total. The Kier molecular flexibility index (Phi) is 3.04. The molecule has 0 aliphatic heterocycles. The maximum absolute atomic E-state index is 4.78. The van der Waals surface area contributed by atoms with Gasteiger partial charge in [-0.25, -0.2) is 4.98 Å². The van der Waals surface area contributed by atoms with Crippen LogP contribution in [0.2, 0.25) is 0 Å². The standard InChI is InChI=1S/C18H17N/c1-3-14-8-10-17-15(12-14)9-11-18(19-17)16-7-5-4-6-13(16)2/h4-12H,3H2,1-2H3. The van der Waals surface area contributed by atoms with Crippen LogP contribution in [0.1, 0.15) is 18.1 Å². The fraction of sp³-hybridized carbons (Fsp3) is 0.167. The summed E-state index contributed by atoms with van der Waals surface area (Å²) < 4.78 is 0. The third-order valence-corrected chi connectivity index (χ3v) is 3.58. The van der Waals surface area contributed by atoms with Crippen LogP contribution in [-0.2, 0) is 6.42 Å². The average Bonchev–Trinajstić information content (AvgIpc) is 2.46. The molecule has 1 heteroatoms. The number of hydrogen-bond donors (Lipinski definition) is 0. The molecule has 19 heavy (non-hydrogen) atoms. The molecule has 2 aromatic carbocycles. The third kappa shape index (κ3) is 2.24. The molecule has 0 amide bonds. The van der Waals surface area contributed by atoms with Gasteiger partial charge in [0.2, 0.25) is 0 Å². The van der Waals surface area contributed by atoms with Crippen molar-refractivity contribution < 1.29 is 0 Å². The van der Waals surface area contributed by atoms with E-state index in [1.807, 2.05) is 0 Å². The van der Waals surface area contributed by atoms with Crippen LogP contribution < -0.4 is 0 Å². The van der Waals surface area contributed by atoms with E-state index in [0.29, 0.717) is 0 Å². The number of nitrogens with zero attached hydrogens (tertiary/aromatic N) is 1. The molecule has 0 bridgehead atoms. The normalized spacial score (nSPS) is 10.8. The largest absolute Gasteiger partial charge is 0.248 e. The Bertz CT molecular complexity index is 729. The first-order chi connectivity index (χ1) is 9.28. The van der Waals surface area contributed by atoms with Crippen LogP contribution in [0, 0.1) is 6.92 Å². The molecule has 0 saturated heterocycles. The number of rotatable bonds is 2. The fourth-order valence-corrected chi connectivity index (χ4v) is 2.41. The molecule has 0 aliphatic rings. The number of fused-ring (bicyclic) bond motifs is 1. The van der Waals surface area contributed by atoms with E-state index in [-0.39, 0.29) is 0 Å². The molecular weight excluding hydrogens is 230 g/mol. The minimum absolute atomic E-state index is 1.05. The van der Waals surface area contributed by atoms with E-state index in [9.17, 15) is 0 Å². The molecule has 0 N–H and O–H groups in total. The smallest absolute Gasteiger partial charge is 0.0712 e. The summed E-state index contributed by atoms with van der Waals surface area (Å²) in [7, 11) is 0. The Labute approximate surface area is 113 Å². The van der Waals surface area contributed by atoms with Gasteiger partial charge in [0, 0.05) is 10.9 Å². The first kappa shape index (κ1) is 11.9. The van der Waals surface area contributed by atoms with Crippen molar-refractivity contribution in [3.8, 4) is 11.3 Å². The van der Waals surface area contributed by atoms with Gasteiger partial charge in [-0.2, -0.15) is 0 Å². The van der Waals surface area contributed by atoms with E-state index < -0.39 is 0 Å². The number of aromatic nitrogens is 1. The van der Waals surface area contributed by atoms with Gasteiger partial charge in [-0.3, -0.25) is 0 Å². The molecule has 1 heterocycles. The second-order valence-electron chi connectivity index (χ2n) is 4.89. The van der Waals surface area contributed by atoms with Crippen molar-refractivity contribution in [3.05, 3.63) is 65.7 Å². The van der Waals surface area contributed by atoms with E-state index in [1.54, 1.807) is 0 Å². The molecule has 0 saturated carbocycles. The number of benzene rings is 2. The SMILES string of the molecule is CCc1ccc2nc(-c3ccccc3C)ccc2c1. The predicted molar refractivity (Wildman–Crippen MR) is 81.3 cm³/mol. The summed E-state index contributed by atoms with van der Waals surface area (Å²) in [5.74, 6) is 0. The lowest BCUT2D eigenvalue weighted by molar-refractivity contribution is 1.14. The lowest BCUT2D eigenvalue weighted by Gasteiger charge is -2.07. The van der Waals surface area contributed by atoms with Gasteiger partial charge >= 0.3 is 0 Å². The van der Waals surface area contributed by atoms with Gasteiger partial charge in [-0.1, -0.05) is 43.3 Å². The fourth-order valence-electron chi connectivity index (χ4n) is 2.41. The Morgan fingerprint density at radius 3 is 2.58 bits per heavy atom. The van der Waals surface area contributed by atoms with Crippen LogP contribution in [0.3, 0.4) is 0 Å². The summed E-state index contributed by atoms with van der Waals surface area (Å²) in [6.45, 7) is 4.30.